The minimum Gasteiger partial charge on any atom is -0.396 e. The molecule has 5 nitrogen and oxygen atoms in total. The average molecular weight is 304 g/mol. The fourth-order valence-corrected chi connectivity index (χ4v) is 2.61. The van der Waals surface area contributed by atoms with Gasteiger partial charge in [0.2, 0.25) is 0 Å². The molecule has 0 bridgehead atoms. The quantitative estimate of drug-likeness (QED) is 0.945. The smallest absolute Gasteiger partial charge is 0.276 e. The largest absolute Gasteiger partial charge is 0.396 e. The van der Waals surface area contributed by atoms with Crippen LogP contribution in [-0.2, 0) is 0 Å². The van der Waals surface area contributed by atoms with Gasteiger partial charge in [0.1, 0.15) is 5.82 Å². The van der Waals surface area contributed by atoms with E-state index in [1.165, 1.54) is 12.1 Å². The maximum atomic E-state index is 12.9. The molecule has 1 fully saturated rings. The number of likely N-dealkylation sites (tertiary alicyclic amines) is 1. The second kappa shape index (κ2) is 6.27. The zero-order valence-electron chi connectivity index (χ0n) is 12.0. The number of amides is 1. The lowest BCUT2D eigenvalue weighted by Crippen LogP contribution is -2.39. The van der Waals surface area contributed by atoms with Crippen molar-refractivity contribution < 1.29 is 18.8 Å². The van der Waals surface area contributed by atoms with Crippen molar-refractivity contribution >= 4 is 5.91 Å². The van der Waals surface area contributed by atoms with Crippen LogP contribution in [0.25, 0.3) is 11.3 Å². The summed E-state index contributed by atoms with van der Waals surface area (Å²) in [6.45, 7) is 1.40. The summed E-state index contributed by atoms with van der Waals surface area (Å²) in [7, 11) is 0. The third-order valence-corrected chi connectivity index (χ3v) is 4.02. The fraction of sp³-hybridized carbons (Fsp3) is 0.375. The standard InChI is InChI=1S/C16H17FN2O3/c17-13-3-1-12(2-4-13)15-9-14(18-22-15)16(21)19-7-5-11(10-20)6-8-19/h1-4,9,11,20H,5-8,10H2. The predicted octanol–water partition coefficient (Wildman–Crippen LogP) is 2.33. The van der Waals surface area contributed by atoms with Gasteiger partial charge in [-0.1, -0.05) is 5.16 Å². The van der Waals surface area contributed by atoms with Crippen LogP contribution in [0.5, 0.6) is 0 Å². The van der Waals surface area contributed by atoms with E-state index in [4.69, 9.17) is 9.63 Å². The van der Waals surface area contributed by atoms with Crippen LogP contribution in [-0.4, -0.2) is 40.8 Å². The summed E-state index contributed by atoms with van der Waals surface area (Å²) in [5, 5.41) is 12.9. The van der Waals surface area contributed by atoms with Gasteiger partial charge in [-0.2, -0.15) is 0 Å². The highest BCUT2D eigenvalue weighted by Gasteiger charge is 2.25. The molecule has 6 heteroatoms. The van der Waals surface area contributed by atoms with Gasteiger partial charge >= 0.3 is 0 Å². The van der Waals surface area contributed by atoms with E-state index in [0.717, 1.165) is 12.8 Å². The molecule has 116 valence electrons. The molecule has 0 radical (unpaired) electrons. The van der Waals surface area contributed by atoms with E-state index in [1.54, 1.807) is 23.1 Å². The third kappa shape index (κ3) is 3.01. The Labute approximate surface area is 127 Å². The second-order valence-electron chi connectivity index (χ2n) is 5.50. The number of aromatic nitrogens is 1. The maximum Gasteiger partial charge on any atom is 0.276 e. The first-order chi connectivity index (χ1) is 10.7. The van der Waals surface area contributed by atoms with E-state index in [0.29, 0.717) is 24.4 Å². The van der Waals surface area contributed by atoms with Crippen molar-refractivity contribution in [3.05, 3.63) is 41.8 Å². The monoisotopic (exact) mass is 304 g/mol. The maximum absolute atomic E-state index is 12.9. The van der Waals surface area contributed by atoms with Gasteiger partial charge < -0.3 is 14.5 Å². The minimum absolute atomic E-state index is 0.167. The van der Waals surface area contributed by atoms with Crippen molar-refractivity contribution in [1.82, 2.24) is 10.1 Å². The van der Waals surface area contributed by atoms with Gasteiger partial charge in [0, 0.05) is 31.3 Å². The Morgan fingerprint density at radius 2 is 2.00 bits per heavy atom. The number of carbonyl (C=O) groups excluding carboxylic acids is 1. The van der Waals surface area contributed by atoms with Gasteiger partial charge in [0.15, 0.2) is 11.5 Å². The molecule has 22 heavy (non-hydrogen) atoms. The first-order valence-corrected chi connectivity index (χ1v) is 7.30. The third-order valence-electron chi connectivity index (χ3n) is 4.02. The molecule has 0 aliphatic carbocycles. The zero-order chi connectivity index (χ0) is 15.5. The number of hydrogen-bond donors (Lipinski definition) is 1. The molecule has 1 N–H and O–H groups in total. The second-order valence-corrected chi connectivity index (χ2v) is 5.50. The summed E-state index contributed by atoms with van der Waals surface area (Å²) in [4.78, 5) is 14.1. The highest BCUT2D eigenvalue weighted by Crippen LogP contribution is 2.23. The Kier molecular flexibility index (Phi) is 4.20. The van der Waals surface area contributed by atoms with Crippen molar-refractivity contribution in [2.75, 3.05) is 19.7 Å². The summed E-state index contributed by atoms with van der Waals surface area (Å²) in [6, 6.07) is 7.40. The van der Waals surface area contributed by atoms with Crippen molar-refractivity contribution in [1.29, 1.82) is 0 Å². The number of aliphatic hydroxyl groups is 1. The molecule has 0 atom stereocenters. The minimum atomic E-state index is -0.327. The van der Waals surface area contributed by atoms with Crippen LogP contribution in [0, 0.1) is 11.7 Å². The predicted molar refractivity (Wildman–Crippen MR) is 77.6 cm³/mol. The zero-order valence-corrected chi connectivity index (χ0v) is 12.0. The van der Waals surface area contributed by atoms with Gasteiger partial charge in [0.25, 0.3) is 5.91 Å². The van der Waals surface area contributed by atoms with Crippen LogP contribution in [0.15, 0.2) is 34.9 Å². The molecule has 0 spiro atoms. The number of aliphatic hydroxyl groups excluding tert-OH is 1. The van der Waals surface area contributed by atoms with E-state index >= 15 is 0 Å². The Balaban J connectivity index is 1.71. The van der Waals surface area contributed by atoms with Crippen LogP contribution >= 0.6 is 0 Å². The Hall–Kier alpha value is -2.21. The van der Waals surface area contributed by atoms with Gasteiger partial charge in [-0.05, 0) is 43.0 Å². The number of piperidine rings is 1. The molecule has 1 saturated heterocycles. The SMILES string of the molecule is O=C(c1cc(-c2ccc(F)cc2)on1)N1CCC(CO)CC1. The lowest BCUT2D eigenvalue weighted by molar-refractivity contribution is 0.0641. The average Bonchev–Trinajstić information content (AvgIpc) is 3.05. The highest BCUT2D eigenvalue weighted by atomic mass is 19.1. The molecule has 2 aromatic rings. The number of halogens is 1. The van der Waals surface area contributed by atoms with Crippen LogP contribution in [0.2, 0.25) is 0 Å². The number of hydrogen-bond acceptors (Lipinski definition) is 4. The highest BCUT2D eigenvalue weighted by molar-refractivity contribution is 5.93. The molecule has 1 aliphatic rings. The molecular formula is C16H17FN2O3. The van der Waals surface area contributed by atoms with E-state index in [2.05, 4.69) is 5.16 Å². The Morgan fingerprint density at radius 1 is 1.32 bits per heavy atom. The molecule has 2 heterocycles. The summed E-state index contributed by atoms with van der Waals surface area (Å²) >= 11 is 0. The van der Waals surface area contributed by atoms with Gasteiger partial charge in [0.05, 0.1) is 0 Å². The van der Waals surface area contributed by atoms with Gasteiger partial charge in [-0.25, -0.2) is 4.39 Å². The van der Waals surface area contributed by atoms with Crippen molar-refractivity contribution in [3.63, 3.8) is 0 Å². The van der Waals surface area contributed by atoms with E-state index in [1.807, 2.05) is 0 Å². The van der Waals surface area contributed by atoms with Crippen molar-refractivity contribution in [3.8, 4) is 11.3 Å². The summed E-state index contributed by atoms with van der Waals surface area (Å²) in [5.74, 6) is 0.213. The number of carbonyl (C=O) groups is 1. The van der Waals surface area contributed by atoms with Crippen LogP contribution < -0.4 is 0 Å². The van der Waals surface area contributed by atoms with Gasteiger partial charge in [-0.15, -0.1) is 0 Å². The first-order valence-electron chi connectivity index (χ1n) is 7.30. The first kappa shape index (κ1) is 14.7. The Bertz CT molecular complexity index is 646. The molecule has 1 aromatic carbocycles. The summed E-state index contributed by atoms with van der Waals surface area (Å²) in [5.41, 5.74) is 0.925. The van der Waals surface area contributed by atoms with E-state index in [9.17, 15) is 9.18 Å². The fourth-order valence-electron chi connectivity index (χ4n) is 2.61. The number of benzene rings is 1. The number of nitrogens with zero attached hydrogens (tertiary/aromatic N) is 2. The van der Waals surface area contributed by atoms with Crippen LogP contribution in [0.4, 0.5) is 4.39 Å². The summed E-state index contributed by atoms with van der Waals surface area (Å²) < 4.78 is 18.1. The molecule has 0 unspecified atom stereocenters. The molecule has 0 saturated carbocycles. The van der Waals surface area contributed by atoms with Crippen LogP contribution in [0.3, 0.4) is 0 Å². The van der Waals surface area contributed by atoms with E-state index in [-0.39, 0.29) is 29.9 Å². The molecule has 1 aliphatic heterocycles. The normalized spacial score (nSPS) is 16.0. The lowest BCUT2D eigenvalue weighted by atomic mass is 9.98. The van der Waals surface area contributed by atoms with Crippen molar-refractivity contribution in [2.45, 2.75) is 12.8 Å². The Morgan fingerprint density at radius 3 is 2.64 bits per heavy atom. The topological polar surface area (TPSA) is 66.6 Å². The molecular weight excluding hydrogens is 287 g/mol. The molecule has 1 aromatic heterocycles. The number of rotatable bonds is 3. The summed E-state index contributed by atoms with van der Waals surface area (Å²) in [6.07, 6.45) is 1.59. The van der Waals surface area contributed by atoms with Gasteiger partial charge in [-0.3, -0.25) is 4.79 Å². The molecule has 3 rings (SSSR count). The molecule has 1 amide bonds. The van der Waals surface area contributed by atoms with Crippen LogP contribution in [0.1, 0.15) is 23.3 Å². The van der Waals surface area contributed by atoms with Crippen molar-refractivity contribution in [2.24, 2.45) is 5.92 Å². The van der Waals surface area contributed by atoms with E-state index < -0.39 is 0 Å². The lowest BCUT2D eigenvalue weighted by Gasteiger charge is -2.30.